The zero-order chi connectivity index (χ0) is 14.5. The van der Waals surface area contributed by atoms with Gasteiger partial charge in [-0.05, 0) is 26.5 Å². The summed E-state index contributed by atoms with van der Waals surface area (Å²) in [6, 6.07) is 2.94. The molecule has 5 heteroatoms. The van der Waals surface area contributed by atoms with Gasteiger partial charge < -0.3 is 15.8 Å². The zero-order valence-electron chi connectivity index (χ0n) is 12.0. The van der Waals surface area contributed by atoms with Crippen molar-refractivity contribution in [3.63, 3.8) is 0 Å². The Labute approximate surface area is 119 Å². The third kappa shape index (κ3) is 4.82. The van der Waals surface area contributed by atoms with Gasteiger partial charge in [-0.3, -0.25) is 0 Å². The molecule has 1 rings (SSSR count). The Morgan fingerprint density at radius 2 is 2.11 bits per heavy atom. The van der Waals surface area contributed by atoms with E-state index in [4.69, 9.17) is 10.5 Å². The van der Waals surface area contributed by atoms with Gasteiger partial charge in [-0.2, -0.15) is 11.8 Å². The Hall–Kier alpha value is -1.10. The van der Waals surface area contributed by atoms with Crippen molar-refractivity contribution in [2.24, 2.45) is 0 Å². The third-order valence-corrected chi connectivity index (χ3v) is 4.07. The fourth-order valence-corrected chi connectivity index (χ4v) is 1.64. The number of anilines is 2. The fraction of sp³-hybridized carbons (Fsp3) is 0.571. The Kier molecular flexibility index (Phi) is 5.79. The molecule has 0 atom stereocenters. The predicted octanol–water partition coefficient (Wildman–Crippen LogP) is 3.75. The molecule has 1 aromatic rings. The SMILES string of the molecule is CCCOc1cc(NCC(C)(C)SC)c(N)cc1F. The summed E-state index contributed by atoms with van der Waals surface area (Å²) >= 11 is 1.76. The number of nitrogen functional groups attached to an aromatic ring is 1. The molecule has 0 aliphatic rings. The number of nitrogens with one attached hydrogen (secondary N) is 1. The third-order valence-electron chi connectivity index (χ3n) is 2.82. The van der Waals surface area contributed by atoms with Gasteiger partial charge >= 0.3 is 0 Å². The highest BCUT2D eigenvalue weighted by molar-refractivity contribution is 7.99. The summed E-state index contributed by atoms with van der Waals surface area (Å²) in [6.45, 7) is 7.50. The van der Waals surface area contributed by atoms with Gasteiger partial charge in [0.2, 0.25) is 0 Å². The van der Waals surface area contributed by atoms with E-state index in [1.165, 1.54) is 6.07 Å². The molecule has 0 bridgehead atoms. The average molecular weight is 286 g/mol. The highest BCUT2D eigenvalue weighted by atomic mass is 32.2. The molecule has 0 unspecified atom stereocenters. The van der Waals surface area contributed by atoms with Crippen LogP contribution in [0.1, 0.15) is 27.2 Å². The van der Waals surface area contributed by atoms with Crippen LogP contribution >= 0.6 is 11.8 Å². The van der Waals surface area contributed by atoms with Crippen LogP contribution in [0.5, 0.6) is 5.75 Å². The molecule has 0 aromatic heterocycles. The summed E-state index contributed by atoms with van der Waals surface area (Å²) < 4.78 is 19.1. The van der Waals surface area contributed by atoms with Gasteiger partial charge in [0, 0.05) is 23.4 Å². The molecule has 3 N–H and O–H groups in total. The van der Waals surface area contributed by atoms with E-state index >= 15 is 0 Å². The number of halogens is 1. The first-order chi connectivity index (χ1) is 8.89. The molecule has 0 saturated heterocycles. The standard InChI is InChI=1S/C14H23FN2OS/c1-5-6-18-13-8-12(11(16)7-10(13)15)17-9-14(2,3)19-4/h7-8,17H,5-6,9,16H2,1-4H3. The summed E-state index contributed by atoms with van der Waals surface area (Å²) in [5.74, 6) is -0.166. The summed E-state index contributed by atoms with van der Waals surface area (Å²) in [5, 5.41) is 3.26. The van der Waals surface area contributed by atoms with Crippen LogP contribution in [-0.4, -0.2) is 24.2 Å². The molecule has 3 nitrogen and oxygen atoms in total. The topological polar surface area (TPSA) is 47.3 Å². The predicted molar refractivity (Wildman–Crippen MR) is 82.7 cm³/mol. The molecule has 0 aliphatic carbocycles. The van der Waals surface area contributed by atoms with Crippen LogP contribution in [0.25, 0.3) is 0 Å². The lowest BCUT2D eigenvalue weighted by Crippen LogP contribution is -2.26. The van der Waals surface area contributed by atoms with Crippen LogP contribution < -0.4 is 15.8 Å². The summed E-state index contributed by atoms with van der Waals surface area (Å²) in [7, 11) is 0. The molecular weight excluding hydrogens is 263 g/mol. The van der Waals surface area contributed by atoms with Crippen molar-refractivity contribution in [3.05, 3.63) is 17.9 Å². The Morgan fingerprint density at radius 3 is 2.68 bits per heavy atom. The number of ether oxygens (including phenoxy) is 1. The van der Waals surface area contributed by atoms with Crippen LogP contribution in [0.15, 0.2) is 12.1 Å². The molecule has 0 aliphatic heterocycles. The van der Waals surface area contributed by atoms with Gasteiger partial charge in [-0.25, -0.2) is 4.39 Å². The maximum Gasteiger partial charge on any atom is 0.167 e. The zero-order valence-corrected chi connectivity index (χ0v) is 12.9. The lowest BCUT2D eigenvalue weighted by atomic mass is 10.2. The van der Waals surface area contributed by atoms with Crippen molar-refractivity contribution in [1.82, 2.24) is 0 Å². The first-order valence-electron chi connectivity index (χ1n) is 6.40. The Morgan fingerprint density at radius 1 is 1.42 bits per heavy atom. The van der Waals surface area contributed by atoms with E-state index < -0.39 is 5.82 Å². The van der Waals surface area contributed by atoms with Gasteiger partial charge in [0.25, 0.3) is 0 Å². The average Bonchev–Trinajstić information content (AvgIpc) is 2.36. The van der Waals surface area contributed by atoms with E-state index in [9.17, 15) is 4.39 Å². The van der Waals surface area contributed by atoms with E-state index in [2.05, 4.69) is 25.4 Å². The second kappa shape index (κ2) is 6.89. The maximum atomic E-state index is 13.7. The van der Waals surface area contributed by atoms with E-state index in [1.54, 1.807) is 17.8 Å². The molecule has 19 heavy (non-hydrogen) atoms. The van der Waals surface area contributed by atoms with Crippen molar-refractivity contribution < 1.29 is 9.13 Å². The first-order valence-corrected chi connectivity index (χ1v) is 7.63. The maximum absolute atomic E-state index is 13.7. The molecule has 0 amide bonds. The quantitative estimate of drug-likeness (QED) is 0.749. The van der Waals surface area contributed by atoms with Crippen LogP contribution in [0.2, 0.25) is 0 Å². The van der Waals surface area contributed by atoms with Crippen molar-refractivity contribution >= 4 is 23.1 Å². The summed E-state index contributed by atoms with van der Waals surface area (Å²) in [6.07, 6.45) is 2.90. The highest BCUT2D eigenvalue weighted by Gasteiger charge is 2.17. The van der Waals surface area contributed by atoms with Crippen LogP contribution in [0.3, 0.4) is 0 Å². The Bertz CT molecular complexity index is 424. The minimum atomic E-state index is -0.416. The molecule has 0 saturated carbocycles. The van der Waals surface area contributed by atoms with Gasteiger partial charge in [-0.1, -0.05) is 6.92 Å². The minimum Gasteiger partial charge on any atom is -0.490 e. The normalized spacial score (nSPS) is 11.4. The van der Waals surface area contributed by atoms with E-state index in [-0.39, 0.29) is 10.5 Å². The monoisotopic (exact) mass is 286 g/mol. The molecule has 0 heterocycles. The number of thioether (sulfide) groups is 1. The number of nitrogens with two attached hydrogens (primary N) is 1. The van der Waals surface area contributed by atoms with Crippen LogP contribution in [0, 0.1) is 5.82 Å². The van der Waals surface area contributed by atoms with Gasteiger partial charge in [0.15, 0.2) is 11.6 Å². The largest absolute Gasteiger partial charge is 0.490 e. The molecule has 0 radical (unpaired) electrons. The number of hydrogen-bond donors (Lipinski definition) is 2. The second-order valence-corrected chi connectivity index (χ2v) is 6.55. The fourth-order valence-electron chi connectivity index (χ4n) is 1.42. The summed E-state index contributed by atoms with van der Waals surface area (Å²) in [5.41, 5.74) is 6.94. The van der Waals surface area contributed by atoms with Crippen molar-refractivity contribution in [1.29, 1.82) is 0 Å². The highest BCUT2D eigenvalue weighted by Crippen LogP contribution is 2.30. The minimum absolute atomic E-state index is 0.0886. The van der Waals surface area contributed by atoms with Gasteiger partial charge in [0.05, 0.1) is 18.0 Å². The number of rotatable bonds is 7. The lowest BCUT2D eigenvalue weighted by Gasteiger charge is -2.23. The number of benzene rings is 1. The van der Waals surface area contributed by atoms with Crippen LogP contribution in [-0.2, 0) is 0 Å². The molecule has 108 valence electrons. The van der Waals surface area contributed by atoms with E-state index in [0.717, 1.165) is 18.7 Å². The molecular formula is C14H23FN2OS. The smallest absolute Gasteiger partial charge is 0.167 e. The van der Waals surface area contributed by atoms with E-state index in [1.807, 2.05) is 6.92 Å². The second-order valence-electron chi connectivity index (χ2n) is 5.04. The Balaban J connectivity index is 2.82. The molecule has 1 aromatic carbocycles. The number of hydrogen-bond acceptors (Lipinski definition) is 4. The van der Waals surface area contributed by atoms with Crippen molar-refractivity contribution in [3.8, 4) is 5.75 Å². The van der Waals surface area contributed by atoms with Gasteiger partial charge in [0.1, 0.15) is 0 Å². The first kappa shape index (κ1) is 16.0. The molecule has 0 spiro atoms. The van der Waals surface area contributed by atoms with Crippen molar-refractivity contribution in [2.45, 2.75) is 31.9 Å². The van der Waals surface area contributed by atoms with Gasteiger partial charge in [-0.15, -0.1) is 0 Å². The van der Waals surface area contributed by atoms with Crippen molar-refractivity contribution in [2.75, 3.05) is 30.5 Å². The lowest BCUT2D eigenvalue weighted by molar-refractivity contribution is 0.301. The van der Waals surface area contributed by atoms with E-state index in [0.29, 0.717) is 12.3 Å². The molecule has 0 fully saturated rings. The van der Waals surface area contributed by atoms with Crippen LogP contribution in [0.4, 0.5) is 15.8 Å². The summed E-state index contributed by atoms with van der Waals surface area (Å²) in [4.78, 5) is 0.